The highest BCUT2D eigenvalue weighted by Gasteiger charge is 2.33. The molecule has 1 aliphatic rings. The third kappa shape index (κ3) is 8.62. The first-order chi connectivity index (χ1) is 23.4. The molecule has 0 saturated carbocycles. The van der Waals surface area contributed by atoms with Crippen LogP contribution in [-0.4, -0.2) is 49.6 Å². The van der Waals surface area contributed by atoms with E-state index in [1.807, 2.05) is 97.2 Å². The number of ether oxygens (including phenoxy) is 2. The zero-order valence-corrected chi connectivity index (χ0v) is 27.8. The summed E-state index contributed by atoms with van der Waals surface area (Å²) in [6, 6.07) is 38.2. The predicted molar refractivity (Wildman–Crippen MR) is 186 cm³/mol. The number of pyridine rings is 1. The fraction of sp³-hybridized carbons (Fsp3) is 0.256. The smallest absolute Gasteiger partial charge is 0.240 e. The first kappa shape index (κ1) is 33.7. The molecule has 1 saturated heterocycles. The Morgan fingerprint density at radius 2 is 1.54 bits per heavy atom. The molecule has 2 N–H and O–H groups in total. The van der Waals surface area contributed by atoms with E-state index in [-0.39, 0.29) is 30.3 Å². The summed E-state index contributed by atoms with van der Waals surface area (Å²) in [5.74, 6) is 0. The number of aromatic nitrogens is 1. The average Bonchev–Trinajstić information content (AvgIpc) is 3.14. The number of nitrogens with zero attached hydrogens (tertiary/aromatic N) is 2. The Bertz CT molecular complexity index is 1850. The standard InChI is InChI=1S/C39H41N3O5S/c1-42(24-22-34-10-7-8-23-40-34)27-35-25-38(31-16-14-29(28-43)15-17-31)47-39(46-35)32-20-18-30(19-21-32)37-13-6-5-9-33(37)26-41-48(44,45)36-11-3-2-4-12-36/h2-21,23,35,38-39,41,43H,22,24-28H2,1H3/t35-,38+,39+/m1/s1. The number of sulfonamides is 1. The molecule has 2 heterocycles. The van der Waals surface area contributed by atoms with E-state index < -0.39 is 16.3 Å². The molecule has 0 bridgehead atoms. The van der Waals surface area contributed by atoms with E-state index in [0.717, 1.165) is 58.6 Å². The predicted octanol–water partition coefficient (Wildman–Crippen LogP) is 6.44. The zero-order valence-electron chi connectivity index (χ0n) is 27.0. The fourth-order valence-corrected chi connectivity index (χ4v) is 6.98. The van der Waals surface area contributed by atoms with Gasteiger partial charge in [-0.15, -0.1) is 0 Å². The SMILES string of the molecule is CN(CCc1ccccn1)C[C@H]1C[C@@H](c2ccc(CO)cc2)O[C@@H](c2ccc(-c3ccccc3CNS(=O)(=O)c3ccccc3)cc2)O1. The summed E-state index contributed by atoms with van der Waals surface area (Å²) in [6.45, 7) is 1.75. The second kappa shape index (κ2) is 15.8. The van der Waals surface area contributed by atoms with Crippen LogP contribution in [0.2, 0.25) is 0 Å². The van der Waals surface area contributed by atoms with Gasteiger partial charge < -0.3 is 19.5 Å². The molecule has 6 rings (SSSR count). The largest absolute Gasteiger partial charge is 0.392 e. The molecule has 1 fully saturated rings. The maximum Gasteiger partial charge on any atom is 0.240 e. The molecular weight excluding hydrogens is 623 g/mol. The van der Waals surface area contributed by atoms with Crippen LogP contribution >= 0.6 is 0 Å². The van der Waals surface area contributed by atoms with Crippen LogP contribution in [0.1, 0.15) is 46.8 Å². The van der Waals surface area contributed by atoms with Gasteiger partial charge in [0.15, 0.2) is 6.29 Å². The minimum absolute atomic E-state index is 0.00436. The molecule has 5 aromatic rings. The summed E-state index contributed by atoms with van der Waals surface area (Å²) in [4.78, 5) is 6.97. The van der Waals surface area contributed by atoms with Gasteiger partial charge in [0.05, 0.1) is 23.7 Å². The summed E-state index contributed by atoms with van der Waals surface area (Å²) in [6.07, 6.45) is 2.56. The Kier molecular flexibility index (Phi) is 11.1. The number of aliphatic hydroxyl groups is 1. The Labute approximate surface area is 283 Å². The summed E-state index contributed by atoms with van der Waals surface area (Å²) >= 11 is 0. The third-order valence-electron chi connectivity index (χ3n) is 8.62. The minimum atomic E-state index is -3.64. The number of hydrogen-bond acceptors (Lipinski definition) is 7. The first-order valence-corrected chi connectivity index (χ1v) is 17.7. The van der Waals surface area contributed by atoms with Crippen molar-refractivity contribution >= 4 is 10.0 Å². The van der Waals surface area contributed by atoms with Crippen molar-refractivity contribution < 1.29 is 23.0 Å². The normalized spacial score (nSPS) is 18.2. The number of nitrogens with one attached hydrogen (secondary N) is 1. The van der Waals surface area contributed by atoms with Gasteiger partial charge >= 0.3 is 0 Å². The Hall–Kier alpha value is -4.22. The summed E-state index contributed by atoms with van der Waals surface area (Å²) in [5, 5.41) is 9.55. The highest BCUT2D eigenvalue weighted by Crippen LogP contribution is 2.39. The Morgan fingerprint density at radius 1 is 0.833 bits per heavy atom. The minimum Gasteiger partial charge on any atom is -0.392 e. The van der Waals surface area contributed by atoms with E-state index in [1.165, 1.54) is 0 Å². The number of benzene rings is 4. The van der Waals surface area contributed by atoms with Crippen LogP contribution in [-0.2, 0) is 39.1 Å². The van der Waals surface area contributed by atoms with Gasteiger partial charge in [-0.05, 0) is 59.1 Å². The Morgan fingerprint density at radius 3 is 2.27 bits per heavy atom. The summed E-state index contributed by atoms with van der Waals surface area (Å²) < 4.78 is 41.6. The maximum absolute atomic E-state index is 12.9. The van der Waals surface area contributed by atoms with Crippen molar-refractivity contribution in [2.75, 3.05) is 20.1 Å². The first-order valence-electron chi connectivity index (χ1n) is 16.2. The average molecular weight is 664 g/mol. The molecule has 3 atom stereocenters. The van der Waals surface area contributed by atoms with Crippen molar-refractivity contribution in [2.24, 2.45) is 0 Å². The molecule has 9 heteroatoms. The second-order valence-electron chi connectivity index (χ2n) is 12.1. The number of likely N-dealkylation sites (N-methyl/N-ethyl adjacent to an activating group) is 1. The lowest BCUT2D eigenvalue weighted by Crippen LogP contribution is -2.38. The van der Waals surface area contributed by atoms with Crippen LogP contribution in [0.25, 0.3) is 11.1 Å². The van der Waals surface area contributed by atoms with E-state index in [4.69, 9.17) is 9.47 Å². The number of hydrogen-bond donors (Lipinski definition) is 2. The van der Waals surface area contributed by atoms with E-state index in [1.54, 1.807) is 30.3 Å². The van der Waals surface area contributed by atoms with E-state index in [0.29, 0.717) is 6.42 Å². The van der Waals surface area contributed by atoms with Crippen LogP contribution in [0.15, 0.2) is 132 Å². The second-order valence-corrected chi connectivity index (χ2v) is 13.9. The van der Waals surface area contributed by atoms with Crippen molar-refractivity contribution in [3.63, 3.8) is 0 Å². The fourth-order valence-electron chi connectivity index (χ4n) is 5.95. The van der Waals surface area contributed by atoms with E-state index >= 15 is 0 Å². The lowest BCUT2D eigenvalue weighted by molar-refractivity contribution is -0.252. The van der Waals surface area contributed by atoms with Gasteiger partial charge in [-0.1, -0.05) is 97.1 Å². The highest BCUT2D eigenvalue weighted by molar-refractivity contribution is 7.89. The molecule has 0 aliphatic carbocycles. The number of rotatable bonds is 13. The lowest BCUT2D eigenvalue weighted by Gasteiger charge is -2.38. The van der Waals surface area contributed by atoms with E-state index in [2.05, 4.69) is 21.7 Å². The molecule has 248 valence electrons. The van der Waals surface area contributed by atoms with Gasteiger partial charge in [0.2, 0.25) is 10.0 Å². The van der Waals surface area contributed by atoms with Crippen LogP contribution in [0.3, 0.4) is 0 Å². The van der Waals surface area contributed by atoms with Crippen molar-refractivity contribution in [1.82, 2.24) is 14.6 Å². The molecule has 8 nitrogen and oxygen atoms in total. The summed E-state index contributed by atoms with van der Waals surface area (Å²) in [5.41, 5.74) is 6.65. The highest BCUT2D eigenvalue weighted by atomic mass is 32.2. The van der Waals surface area contributed by atoms with Gasteiger partial charge in [0.1, 0.15) is 0 Å². The van der Waals surface area contributed by atoms with Crippen LogP contribution in [0.4, 0.5) is 0 Å². The molecule has 0 amide bonds. The zero-order chi connectivity index (χ0) is 33.3. The van der Waals surface area contributed by atoms with Crippen molar-refractivity contribution in [1.29, 1.82) is 0 Å². The molecular formula is C39H41N3O5S. The quantitative estimate of drug-likeness (QED) is 0.150. The Balaban J connectivity index is 1.18. The molecule has 0 radical (unpaired) electrons. The van der Waals surface area contributed by atoms with Crippen LogP contribution in [0.5, 0.6) is 0 Å². The van der Waals surface area contributed by atoms with Gasteiger partial charge in [0.25, 0.3) is 0 Å². The van der Waals surface area contributed by atoms with Gasteiger partial charge in [-0.2, -0.15) is 0 Å². The molecule has 1 aliphatic heterocycles. The lowest BCUT2D eigenvalue weighted by atomic mass is 9.97. The third-order valence-corrected chi connectivity index (χ3v) is 10.0. The van der Waals surface area contributed by atoms with Crippen molar-refractivity contribution in [3.8, 4) is 11.1 Å². The molecule has 0 unspecified atom stereocenters. The van der Waals surface area contributed by atoms with Crippen molar-refractivity contribution in [3.05, 3.63) is 155 Å². The topological polar surface area (TPSA) is 101 Å². The summed E-state index contributed by atoms with van der Waals surface area (Å²) in [7, 11) is -1.54. The monoisotopic (exact) mass is 663 g/mol. The van der Waals surface area contributed by atoms with Crippen LogP contribution < -0.4 is 4.72 Å². The van der Waals surface area contributed by atoms with Crippen LogP contribution in [0, 0.1) is 0 Å². The molecule has 4 aromatic carbocycles. The van der Waals surface area contributed by atoms with Gasteiger partial charge in [0, 0.05) is 49.9 Å². The number of aliphatic hydroxyl groups excluding tert-OH is 1. The van der Waals surface area contributed by atoms with Crippen molar-refractivity contribution in [2.45, 2.75) is 49.4 Å². The molecule has 0 spiro atoms. The van der Waals surface area contributed by atoms with Gasteiger partial charge in [-0.3, -0.25) is 4.98 Å². The molecule has 48 heavy (non-hydrogen) atoms. The van der Waals surface area contributed by atoms with Gasteiger partial charge in [-0.25, -0.2) is 13.1 Å². The maximum atomic E-state index is 12.9. The molecule has 1 aromatic heterocycles. The van der Waals surface area contributed by atoms with E-state index in [9.17, 15) is 13.5 Å².